The van der Waals surface area contributed by atoms with Crippen molar-refractivity contribution in [2.45, 2.75) is 65.7 Å². The highest BCUT2D eigenvalue weighted by molar-refractivity contribution is 5.92. The second-order valence-corrected chi connectivity index (χ2v) is 7.72. The molecule has 0 spiro atoms. The quantitative estimate of drug-likeness (QED) is 0.631. The van der Waals surface area contributed by atoms with Crippen molar-refractivity contribution < 1.29 is 23.9 Å². The Morgan fingerprint density at radius 1 is 0.880 bits per heavy atom. The van der Waals surface area contributed by atoms with Crippen LogP contribution >= 0.6 is 0 Å². The van der Waals surface area contributed by atoms with Gasteiger partial charge < -0.3 is 25.4 Å². The van der Waals surface area contributed by atoms with Gasteiger partial charge in [0.25, 0.3) is 0 Å². The molecular weight excluding hydrogens is 326 g/mol. The highest BCUT2D eigenvalue weighted by Gasteiger charge is 2.21. The minimum Gasteiger partial charge on any atom is -0.444 e. The van der Waals surface area contributed by atoms with Gasteiger partial charge in [-0.15, -0.1) is 0 Å². The van der Waals surface area contributed by atoms with Gasteiger partial charge in [0.1, 0.15) is 11.2 Å². The number of carbonyl (C=O) groups excluding carboxylic acids is 3. The van der Waals surface area contributed by atoms with Crippen LogP contribution in [0.1, 0.15) is 48.5 Å². The third kappa shape index (κ3) is 12.8. The lowest BCUT2D eigenvalue weighted by atomic mass is 10.2. The Bertz CT molecular complexity index is 471. The first-order chi connectivity index (χ1) is 11.2. The van der Waals surface area contributed by atoms with Crippen LogP contribution in [0.25, 0.3) is 0 Å². The van der Waals surface area contributed by atoms with Gasteiger partial charge in [-0.05, 0) is 48.5 Å². The first-order valence-electron chi connectivity index (χ1n) is 8.09. The lowest BCUT2D eigenvalue weighted by molar-refractivity contribution is -0.118. The van der Waals surface area contributed by atoms with Crippen molar-refractivity contribution >= 4 is 18.1 Å². The zero-order valence-electron chi connectivity index (χ0n) is 16.2. The summed E-state index contributed by atoms with van der Waals surface area (Å²) in [7, 11) is 0. The van der Waals surface area contributed by atoms with Crippen molar-refractivity contribution in [2.75, 3.05) is 13.1 Å². The molecule has 8 heteroatoms. The monoisotopic (exact) mass is 357 g/mol. The molecule has 3 N–H and O–H groups in total. The molecule has 0 aliphatic rings. The van der Waals surface area contributed by atoms with Gasteiger partial charge in [-0.1, -0.05) is 6.58 Å². The number of carbonyl (C=O) groups is 3. The summed E-state index contributed by atoms with van der Waals surface area (Å²) < 4.78 is 10.3. The molecule has 0 aromatic carbocycles. The van der Waals surface area contributed by atoms with Gasteiger partial charge in [-0.3, -0.25) is 4.79 Å². The number of ether oxygens (including phenoxy) is 2. The molecule has 0 aromatic heterocycles. The van der Waals surface area contributed by atoms with Gasteiger partial charge in [-0.2, -0.15) is 0 Å². The van der Waals surface area contributed by atoms with E-state index in [-0.39, 0.29) is 19.0 Å². The Labute approximate surface area is 149 Å². The number of nitrogens with one attached hydrogen (secondary N) is 3. The Hall–Kier alpha value is -2.25. The smallest absolute Gasteiger partial charge is 0.407 e. The van der Waals surface area contributed by atoms with Crippen molar-refractivity contribution in [3.8, 4) is 0 Å². The maximum Gasteiger partial charge on any atom is 0.407 e. The summed E-state index contributed by atoms with van der Waals surface area (Å²) in [5.74, 6) is -0.373. The zero-order valence-corrected chi connectivity index (χ0v) is 16.2. The molecule has 0 aromatic rings. The molecule has 0 fully saturated rings. The normalized spacial score (nSPS) is 11.5. The third-order valence-electron chi connectivity index (χ3n) is 2.51. The molecule has 0 radical (unpaired) electrons. The summed E-state index contributed by atoms with van der Waals surface area (Å²) in [5.41, 5.74) is -0.940. The van der Waals surface area contributed by atoms with Crippen molar-refractivity contribution in [1.29, 1.82) is 0 Å². The average Bonchev–Trinajstić information content (AvgIpc) is 2.37. The lowest BCUT2D eigenvalue weighted by Gasteiger charge is -2.24. The van der Waals surface area contributed by atoms with E-state index in [2.05, 4.69) is 22.5 Å². The number of hydrogen-bond acceptors (Lipinski definition) is 5. The molecule has 0 rings (SSSR count). The molecule has 0 aliphatic carbocycles. The minimum absolute atomic E-state index is 0.0731. The van der Waals surface area contributed by atoms with E-state index >= 15 is 0 Å². The molecule has 0 bridgehead atoms. The van der Waals surface area contributed by atoms with Gasteiger partial charge in [-0.25, -0.2) is 9.59 Å². The molecule has 25 heavy (non-hydrogen) atoms. The second-order valence-electron chi connectivity index (χ2n) is 7.72. The Morgan fingerprint density at radius 3 is 1.52 bits per heavy atom. The van der Waals surface area contributed by atoms with Gasteiger partial charge >= 0.3 is 12.2 Å². The van der Waals surface area contributed by atoms with Crippen molar-refractivity contribution in [3.05, 3.63) is 12.2 Å². The van der Waals surface area contributed by atoms with Gasteiger partial charge in [0.2, 0.25) is 5.91 Å². The molecule has 0 heterocycles. The van der Waals surface area contributed by atoms with E-state index in [1.54, 1.807) is 48.5 Å². The van der Waals surface area contributed by atoms with Crippen LogP contribution in [0, 0.1) is 0 Å². The van der Waals surface area contributed by atoms with Crippen LogP contribution in [0.2, 0.25) is 0 Å². The highest BCUT2D eigenvalue weighted by Crippen LogP contribution is 2.07. The fourth-order valence-corrected chi connectivity index (χ4v) is 1.52. The molecule has 0 aliphatic heterocycles. The predicted molar refractivity (Wildman–Crippen MR) is 95.2 cm³/mol. The molecule has 0 saturated heterocycles. The summed E-state index contributed by atoms with van der Waals surface area (Å²) in [4.78, 5) is 35.3. The molecule has 0 unspecified atom stereocenters. The molecular formula is C17H31N3O5. The van der Waals surface area contributed by atoms with Crippen LogP contribution in [-0.4, -0.2) is 48.4 Å². The standard InChI is InChI=1S/C17H31N3O5/c1-11(2)13(21)20-12(9-18-14(22)24-16(3,4)5)10-19-15(23)25-17(6,7)8/h12H,1,9-10H2,2-8H3,(H,18,22)(H,19,23)(H,20,21). The minimum atomic E-state index is -0.630. The topological polar surface area (TPSA) is 106 Å². The maximum atomic E-state index is 11.8. The van der Waals surface area contributed by atoms with E-state index < -0.39 is 29.4 Å². The number of hydrogen-bond donors (Lipinski definition) is 3. The zero-order chi connectivity index (χ0) is 19.8. The largest absolute Gasteiger partial charge is 0.444 e. The molecule has 0 saturated carbocycles. The first-order valence-corrected chi connectivity index (χ1v) is 8.09. The van der Waals surface area contributed by atoms with E-state index in [1.165, 1.54) is 0 Å². The summed E-state index contributed by atoms with van der Waals surface area (Å²) in [6.07, 6.45) is -1.22. The summed E-state index contributed by atoms with van der Waals surface area (Å²) in [5, 5.41) is 7.79. The van der Waals surface area contributed by atoms with Crippen molar-refractivity contribution in [2.24, 2.45) is 0 Å². The second kappa shape index (κ2) is 9.29. The fraction of sp³-hybridized carbons (Fsp3) is 0.706. The summed E-state index contributed by atoms with van der Waals surface area (Å²) in [6, 6.07) is -0.552. The highest BCUT2D eigenvalue weighted by atomic mass is 16.6. The van der Waals surface area contributed by atoms with Gasteiger partial charge in [0.05, 0.1) is 6.04 Å². The van der Waals surface area contributed by atoms with E-state index in [0.29, 0.717) is 5.57 Å². The van der Waals surface area contributed by atoms with Gasteiger partial charge in [0, 0.05) is 18.7 Å². The van der Waals surface area contributed by atoms with E-state index in [4.69, 9.17) is 9.47 Å². The van der Waals surface area contributed by atoms with Crippen LogP contribution in [0.5, 0.6) is 0 Å². The third-order valence-corrected chi connectivity index (χ3v) is 2.51. The summed E-state index contributed by atoms with van der Waals surface area (Å²) in [6.45, 7) is 15.8. The Morgan fingerprint density at radius 2 is 1.24 bits per heavy atom. The SMILES string of the molecule is C=C(C)C(=O)NC(CNC(=O)OC(C)(C)C)CNC(=O)OC(C)(C)C. The Balaban J connectivity index is 4.66. The number of rotatable bonds is 6. The van der Waals surface area contributed by atoms with Crippen molar-refractivity contribution in [3.63, 3.8) is 0 Å². The fourth-order valence-electron chi connectivity index (χ4n) is 1.52. The summed E-state index contributed by atoms with van der Waals surface area (Å²) >= 11 is 0. The van der Waals surface area contributed by atoms with Crippen molar-refractivity contribution in [1.82, 2.24) is 16.0 Å². The average molecular weight is 357 g/mol. The van der Waals surface area contributed by atoms with E-state index in [0.717, 1.165) is 0 Å². The van der Waals surface area contributed by atoms with Crippen LogP contribution in [0.4, 0.5) is 9.59 Å². The van der Waals surface area contributed by atoms with Crippen LogP contribution in [0.15, 0.2) is 12.2 Å². The lowest BCUT2D eigenvalue weighted by Crippen LogP contribution is -2.51. The molecule has 8 nitrogen and oxygen atoms in total. The Kier molecular flexibility index (Phi) is 8.45. The number of alkyl carbamates (subject to hydrolysis) is 2. The van der Waals surface area contributed by atoms with Crippen LogP contribution in [-0.2, 0) is 14.3 Å². The van der Waals surface area contributed by atoms with Crippen LogP contribution in [0.3, 0.4) is 0 Å². The van der Waals surface area contributed by atoms with Crippen LogP contribution < -0.4 is 16.0 Å². The first kappa shape index (κ1) is 22.8. The molecule has 0 atom stereocenters. The predicted octanol–water partition coefficient (Wildman–Crippen LogP) is 2.10. The van der Waals surface area contributed by atoms with Gasteiger partial charge in [0.15, 0.2) is 0 Å². The van der Waals surface area contributed by atoms with E-state index in [9.17, 15) is 14.4 Å². The number of amides is 3. The molecule has 3 amide bonds. The molecule has 144 valence electrons. The maximum absolute atomic E-state index is 11.8. The van der Waals surface area contributed by atoms with E-state index in [1.807, 2.05) is 0 Å².